The van der Waals surface area contributed by atoms with Crippen LogP contribution in [0.4, 0.5) is 0 Å². The molecule has 0 aliphatic heterocycles. The zero-order valence-electron chi connectivity index (χ0n) is 13.9. The van der Waals surface area contributed by atoms with Gasteiger partial charge in [-0.3, -0.25) is 4.79 Å². The lowest BCUT2D eigenvalue weighted by Gasteiger charge is -2.11. The number of sulfone groups is 1. The average Bonchev–Trinajstić information content (AvgIpc) is 2.55. The molecule has 0 unspecified atom stereocenters. The Labute approximate surface area is 160 Å². The van der Waals surface area contributed by atoms with E-state index in [9.17, 15) is 13.2 Å². The van der Waals surface area contributed by atoms with E-state index in [1.807, 2.05) is 0 Å². The van der Waals surface area contributed by atoms with Gasteiger partial charge >= 0.3 is 0 Å². The molecule has 0 spiro atoms. The van der Waals surface area contributed by atoms with Crippen molar-refractivity contribution in [2.24, 2.45) is 0 Å². The molecule has 0 aliphatic carbocycles. The van der Waals surface area contributed by atoms with E-state index in [4.69, 9.17) is 27.6 Å². The van der Waals surface area contributed by atoms with Gasteiger partial charge in [-0.25, -0.2) is 8.42 Å². The van der Waals surface area contributed by atoms with Crippen LogP contribution in [0, 0.1) is 6.92 Å². The number of hydrogen-bond acceptors (Lipinski definition) is 4. The van der Waals surface area contributed by atoms with E-state index >= 15 is 0 Å². The summed E-state index contributed by atoms with van der Waals surface area (Å²) in [4.78, 5) is 12.8. The van der Waals surface area contributed by atoms with E-state index in [1.165, 1.54) is 18.2 Å². The Morgan fingerprint density at radius 2 is 1.62 bits per heavy atom. The Hall–Kier alpha value is -2.08. The molecule has 4 nitrogen and oxygen atoms in total. The average molecular weight is 409 g/mol. The molecule has 0 aliphatic rings. The number of aryl methyl sites for hydroxylation is 1. The molecule has 7 heteroatoms. The van der Waals surface area contributed by atoms with E-state index in [1.54, 1.807) is 37.3 Å². The Morgan fingerprint density at radius 1 is 0.962 bits per heavy atom. The van der Waals surface area contributed by atoms with E-state index in [0.717, 1.165) is 6.26 Å². The first-order valence-electron chi connectivity index (χ1n) is 7.57. The maximum atomic E-state index is 12.7. The molecule has 3 aromatic rings. The molecule has 0 fully saturated rings. The molecule has 0 N–H and O–H groups in total. The molecule has 0 atom stereocenters. The Morgan fingerprint density at radius 3 is 2.19 bits per heavy atom. The van der Waals surface area contributed by atoms with Crippen LogP contribution < -0.4 is 5.43 Å². The highest BCUT2D eigenvalue weighted by atomic mass is 35.5. The topological polar surface area (TPSA) is 64.3 Å². The fourth-order valence-corrected chi connectivity index (χ4v) is 3.75. The summed E-state index contributed by atoms with van der Waals surface area (Å²) >= 11 is 12.2. The summed E-state index contributed by atoms with van der Waals surface area (Å²) in [6, 6.07) is 12.4. The van der Waals surface area contributed by atoms with Gasteiger partial charge in [0.1, 0.15) is 11.5 Å². The lowest BCUT2D eigenvalue weighted by Crippen LogP contribution is -2.06. The van der Waals surface area contributed by atoms with Gasteiger partial charge in [-0.1, -0.05) is 29.3 Å². The van der Waals surface area contributed by atoms with Crippen molar-refractivity contribution in [1.29, 1.82) is 0 Å². The Kier molecular flexibility index (Phi) is 4.97. The second kappa shape index (κ2) is 6.91. The zero-order chi connectivity index (χ0) is 19.1. The summed E-state index contributed by atoms with van der Waals surface area (Å²) in [7, 11) is -3.32. The van der Waals surface area contributed by atoms with Crippen molar-refractivity contribution in [3.63, 3.8) is 0 Å². The van der Waals surface area contributed by atoms with Crippen LogP contribution in [0.25, 0.3) is 22.5 Å². The fourth-order valence-electron chi connectivity index (χ4n) is 2.61. The van der Waals surface area contributed by atoms with E-state index in [2.05, 4.69) is 0 Å². The molecular weight excluding hydrogens is 395 g/mol. The number of halogens is 2. The molecule has 134 valence electrons. The third-order valence-corrected chi connectivity index (χ3v) is 5.49. The largest absolute Gasteiger partial charge is 0.460 e. The quantitative estimate of drug-likeness (QED) is 0.611. The van der Waals surface area contributed by atoms with Crippen LogP contribution in [0.5, 0.6) is 0 Å². The second-order valence-corrected chi connectivity index (χ2v) is 8.71. The van der Waals surface area contributed by atoms with E-state index in [0.29, 0.717) is 38.3 Å². The lowest BCUT2D eigenvalue weighted by atomic mass is 10.00. The molecule has 0 amide bonds. The minimum absolute atomic E-state index is 0.183. The maximum absolute atomic E-state index is 12.7. The van der Waals surface area contributed by atoms with Gasteiger partial charge < -0.3 is 4.42 Å². The monoisotopic (exact) mass is 408 g/mol. The van der Waals surface area contributed by atoms with Crippen molar-refractivity contribution in [2.45, 2.75) is 11.8 Å². The zero-order valence-corrected chi connectivity index (χ0v) is 16.2. The third-order valence-electron chi connectivity index (χ3n) is 3.82. The molecule has 0 bridgehead atoms. The van der Waals surface area contributed by atoms with Crippen molar-refractivity contribution in [1.82, 2.24) is 0 Å². The van der Waals surface area contributed by atoms with E-state index in [-0.39, 0.29) is 10.3 Å². The van der Waals surface area contributed by atoms with Crippen molar-refractivity contribution < 1.29 is 12.8 Å². The normalized spacial score (nSPS) is 11.5. The SMILES string of the molecule is Cc1cc(=O)c(-c2ccc(Cl)cc2Cl)c(-c2ccc(S(C)(=O)=O)cc2)o1. The number of rotatable bonds is 3. The van der Waals surface area contributed by atoms with Crippen molar-refractivity contribution in [3.05, 3.63) is 74.6 Å². The summed E-state index contributed by atoms with van der Waals surface area (Å²) in [6.45, 7) is 1.67. The molecule has 26 heavy (non-hydrogen) atoms. The molecule has 2 aromatic carbocycles. The highest BCUT2D eigenvalue weighted by Crippen LogP contribution is 2.35. The van der Waals surface area contributed by atoms with Gasteiger partial charge in [0.15, 0.2) is 15.3 Å². The van der Waals surface area contributed by atoms with Crippen LogP contribution in [0.15, 0.2) is 62.6 Å². The van der Waals surface area contributed by atoms with E-state index < -0.39 is 9.84 Å². The Balaban J connectivity index is 2.27. The summed E-state index contributed by atoms with van der Waals surface area (Å²) in [5.74, 6) is 0.755. The van der Waals surface area contributed by atoms with Crippen LogP contribution in [0.3, 0.4) is 0 Å². The van der Waals surface area contributed by atoms with Gasteiger partial charge in [0, 0.05) is 28.5 Å². The minimum Gasteiger partial charge on any atom is -0.460 e. The predicted molar refractivity (Wildman–Crippen MR) is 104 cm³/mol. The number of benzene rings is 2. The molecule has 0 saturated heterocycles. The first-order valence-corrected chi connectivity index (χ1v) is 10.2. The fraction of sp³-hybridized carbons (Fsp3) is 0.105. The number of hydrogen-bond donors (Lipinski definition) is 0. The molecule has 0 saturated carbocycles. The summed E-state index contributed by atoms with van der Waals surface area (Å²) in [5, 5.41) is 0.775. The van der Waals surface area contributed by atoms with Crippen LogP contribution in [-0.4, -0.2) is 14.7 Å². The first-order chi connectivity index (χ1) is 12.2. The molecule has 3 rings (SSSR count). The van der Waals surface area contributed by atoms with Crippen LogP contribution in [0.1, 0.15) is 5.76 Å². The van der Waals surface area contributed by atoms with Crippen molar-refractivity contribution in [2.75, 3.05) is 6.26 Å². The van der Waals surface area contributed by atoms with Gasteiger partial charge in [0.2, 0.25) is 0 Å². The van der Waals surface area contributed by atoms with Gasteiger partial charge in [0.05, 0.1) is 15.5 Å². The molecule has 1 aromatic heterocycles. The summed E-state index contributed by atoms with van der Waals surface area (Å²) in [5.41, 5.74) is 1.11. The second-order valence-electron chi connectivity index (χ2n) is 5.85. The molecule has 0 radical (unpaired) electrons. The first kappa shape index (κ1) is 18.7. The van der Waals surface area contributed by atoms with Gasteiger partial charge in [-0.15, -0.1) is 0 Å². The van der Waals surface area contributed by atoms with Gasteiger partial charge in [-0.05, 0) is 43.3 Å². The smallest absolute Gasteiger partial charge is 0.193 e. The summed E-state index contributed by atoms with van der Waals surface area (Å²) < 4.78 is 29.1. The maximum Gasteiger partial charge on any atom is 0.193 e. The van der Waals surface area contributed by atoms with Crippen LogP contribution in [-0.2, 0) is 9.84 Å². The molecular formula is C19H14Cl2O4S. The highest BCUT2D eigenvalue weighted by Gasteiger charge is 2.18. The minimum atomic E-state index is -3.32. The van der Waals surface area contributed by atoms with Gasteiger partial charge in [0.25, 0.3) is 0 Å². The lowest BCUT2D eigenvalue weighted by molar-refractivity contribution is 0.531. The molecule has 1 heterocycles. The van der Waals surface area contributed by atoms with Crippen LogP contribution in [0.2, 0.25) is 10.0 Å². The Bertz CT molecular complexity index is 1150. The van der Waals surface area contributed by atoms with Gasteiger partial charge in [-0.2, -0.15) is 0 Å². The predicted octanol–water partition coefficient (Wildman–Crippen LogP) is 4.99. The standard InChI is InChI=1S/C19H14Cl2O4S/c1-11-9-17(22)18(15-8-5-13(20)10-16(15)21)19(25-11)12-3-6-14(7-4-12)26(2,23)24/h3-10H,1-2H3. The van der Waals surface area contributed by atoms with Crippen molar-refractivity contribution >= 4 is 33.0 Å². The van der Waals surface area contributed by atoms with Crippen molar-refractivity contribution in [3.8, 4) is 22.5 Å². The van der Waals surface area contributed by atoms with Crippen LogP contribution >= 0.6 is 23.2 Å². The highest BCUT2D eigenvalue weighted by molar-refractivity contribution is 7.90. The summed E-state index contributed by atoms with van der Waals surface area (Å²) in [6.07, 6.45) is 1.13. The third kappa shape index (κ3) is 3.70.